The number of carbonyl (C=O) groups excluding carboxylic acids is 2. The van der Waals surface area contributed by atoms with Crippen LogP contribution in [-0.4, -0.2) is 18.9 Å². The van der Waals surface area contributed by atoms with Crippen LogP contribution in [0.25, 0.3) is 0 Å². The molecule has 0 saturated carbocycles. The van der Waals surface area contributed by atoms with Crippen LogP contribution < -0.4 is 15.4 Å². The average Bonchev–Trinajstić information content (AvgIpc) is 3.07. The number of benzene rings is 1. The molecule has 1 aromatic carbocycles. The lowest BCUT2D eigenvalue weighted by Crippen LogP contribution is -2.32. The summed E-state index contributed by atoms with van der Waals surface area (Å²) in [6.07, 6.45) is 0.219. The normalized spacial score (nSPS) is 11.6. The first-order chi connectivity index (χ1) is 11.1. The summed E-state index contributed by atoms with van der Waals surface area (Å²) < 4.78 is 5.10. The molecule has 0 aliphatic heterocycles. The van der Waals surface area contributed by atoms with Gasteiger partial charge in [-0.25, -0.2) is 0 Å². The minimum absolute atomic E-state index is 0.104. The molecule has 0 aliphatic carbocycles. The first-order valence-electron chi connectivity index (χ1n) is 7.28. The van der Waals surface area contributed by atoms with Crippen LogP contribution in [-0.2, 0) is 16.1 Å². The van der Waals surface area contributed by atoms with Crippen molar-refractivity contribution >= 4 is 23.2 Å². The Labute approximate surface area is 139 Å². The highest BCUT2D eigenvalue weighted by Crippen LogP contribution is 2.22. The standard InChI is InChI=1S/C17H20N2O3S/c1-12(20)19-15(16-4-3-9-23-16)10-17(21)18-11-13-5-7-14(22-2)8-6-13/h3-9,15H,10-11H2,1-2H3,(H,18,21)(H,19,20). The Morgan fingerprint density at radius 2 is 1.96 bits per heavy atom. The second-order valence-corrected chi connectivity index (χ2v) is 6.08. The van der Waals surface area contributed by atoms with Gasteiger partial charge in [-0.05, 0) is 29.1 Å². The van der Waals surface area contributed by atoms with Crippen molar-refractivity contribution in [3.8, 4) is 5.75 Å². The number of ether oxygens (including phenoxy) is 1. The lowest BCUT2D eigenvalue weighted by molar-refractivity contribution is -0.122. The number of carbonyl (C=O) groups is 2. The Morgan fingerprint density at radius 1 is 1.22 bits per heavy atom. The van der Waals surface area contributed by atoms with Crippen molar-refractivity contribution in [2.75, 3.05) is 7.11 Å². The fourth-order valence-corrected chi connectivity index (χ4v) is 2.94. The molecule has 0 radical (unpaired) electrons. The van der Waals surface area contributed by atoms with E-state index in [9.17, 15) is 9.59 Å². The van der Waals surface area contributed by atoms with E-state index in [1.54, 1.807) is 7.11 Å². The van der Waals surface area contributed by atoms with Crippen molar-refractivity contribution in [3.05, 3.63) is 52.2 Å². The molecule has 5 nitrogen and oxygen atoms in total. The summed E-state index contributed by atoms with van der Waals surface area (Å²) in [5.41, 5.74) is 0.992. The largest absolute Gasteiger partial charge is 0.497 e. The van der Waals surface area contributed by atoms with Crippen molar-refractivity contribution in [2.45, 2.75) is 25.9 Å². The molecule has 1 atom stereocenters. The second kappa shape index (κ2) is 8.33. The predicted molar refractivity (Wildman–Crippen MR) is 90.3 cm³/mol. The van der Waals surface area contributed by atoms with Crippen molar-refractivity contribution < 1.29 is 14.3 Å². The molecular formula is C17H20N2O3S. The van der Waals surface area contributed by atoms with Gasteiger partial charge in [0.25, 0.3) is 0 Å². The third-order valence-corrected chi connectivity index (χ3v) is 4.29. The average molecular weight is 332 g/mol. The number of amides is 2. The number of rotatable bonds is 7. The van der Waals surface area contributed by atoms with E-state index < -0.39 is 0 Å². The zero-order valence-electron chi connectivity index (χ0n) is 13.2. The number of methoxy groups -OCH3 is 1. The van der Waals surface area contributed by atoms with Gasteiger partial charge in [-0.1, -0.05) is 18.2 Å². The van der Waals surface area contributed by atoms with Gasteiger partial charge in [0.1, 0.15) is 5.75 Å². The Morgan fingerprint density at radius 3 is 2.52 bits per heavy atom. The highest BCUT2D eigenvalue weighted by Gasteiger charge is 2.17. The van der Waals surface area contributed by atoms with E-state index >= 15 is 0 Å². The summed E-state index contributed by atoms with van der Waals surface area (Å²) in [6, 6.07) is 11.1. The van der Waals surface area contributed by atoms with Crippen LogP contribution in [0.4, 0.5) is 0 Å². The Balaban J connectivity index is 1.89. The molecule has 0 fully saturated rings. The van der Waals surface area contributed by atoms with E-state index in [-0.39, 0.29) is 24.3 Å². The van der Waals surface area contributed by atoms with Crippen molar-refractivity contribution in [1.82, 2.24) is 10.6 Å². The van der Waals surface area contributed by atoms with E-state index in [1.165, 1.54) is 18.3 Å². The lowest BCUT2D eigenvalue weighted by Gasteiger charge is -2.16. The van der Waals surface area contributed by atoms with E-state index in [0.717, 1.165) is 16.2 Å². The number of nitrogens with one attached hydrogen (secondary N) is 2. The number of thiophene rings is 1. The Kier molecular flexibility index (Phi) is 6.17. The van der Waals surface area contributed by atoms with Gasteiger partial charge in [0, 0.05) is 18.3 Å². The SMILES string of the molecule is COc1ccc(CNC(=O)CC(NC(C)=O)c2cccs2)cc1. The molecule has 2 aromatic rings. The van der Waals surface area contributed by atoms with Crippen LogP contribution in [0.15, 0.2) is 41.8 Å². The maximum absolute atomic E-state index is 12.1. The molecule has 0 bridgehead atoms. The molecule has 2 N–H and O–H groups in total. The summed E-state index contributed by atoms with van der Waals surface area (Å²) in [5.74, 6) is 0.530. The Hall–Kier alpha value is -2.34. The molecule has 2 rings (SSSR count). The molecule has 6 heteroatoms. The van der Waals surface area contributed by atoms with E-state index in [4.69, 9.17) is 4.74 Å². The number of hydrogen-bond donors (Lipinski definition) is 2. The zero-order valence-corrected chi connectivity index (χ0v) is 14.0. The van der Waals surface area contributed by atoms with Gasteiger partial charge >= 0.3 is 0 Å². The molecule has 122 valence electrons. The molecule has 0 spiro atoms. The lowest BCUT2D eigenvalue weighted by atomic mass is 10.1. The van der Waals surface area contributed by atoms with Crippen LogP contribution in [0, 0.1) is 0 Å². The fourth-order valence-electron chi connectivity index (χ4n) is 2.16. The minimum Gasteiger partial charge on any atom is -0.497 e. The van der Waals surface area contributed by atoms with Crippen LogP contribution in [0.5, 0.6) is 5.75 Å². The molecular weight excluding hydrogens is 312 g/mol. The topological polar surface area (TPSA) is 67.4 Å². The molecule has 0 aliphatic rings. The summed E-state index contributed by atoms with van der Waals surface area (Å²) in [6.45, 7) is 1.90. The van der Waals surface area contributed by atoms with Crippen molar-refractivity contribution in [2.24, 2.45) is 0 Å². The minimum atomic E-state index is -0.289. The Bertz CT molecular complexity index is 638. The van der Waals surface area contributed by atoms with Crippen molar-refractivity contribution in [1.29, 1.82) is 0 Å². The van der Waals surface area contributed by atoms with Gasteiger partial charge in [-0.15, -0.1) is 11.3 Å². The molecule has 0 saturated heterocycles. The van der Waals surface area contributed by atoms with Crippen LogP contribution >= 0.6 is 11.3 Å². The first-order valence-corrected chi connectivity index (χ1v) is 8.16. The summed E-state index contributed by atoms with van der Waals surface area (Å²) in [4.78, 5) is 24.4. The van der Waals surface area contributed by atoms with Crippen LogP contribution in [0.2, 0.25) is 0 Å². The van der Waals surface area contributed by atoms with E-state index in [0.29, 0.717) is 6.54 Å². The molecule has 1 aromatic heterocycles. The van der Waals surface area contributed by atoms with Gasteiger partial charge in [-0.2, -0.15) is 0 Å². The third kappa shape index (κ3) is 5.41. The monoisotopic (exact) mass is 332 g/mol. The van der Waals surface area contributed by atoms with E-state index in [2.05, 4.69) is 10.6 Å². The van der Waals surface area contributed by atoms with Crippen LogP contribution in [0.1, 0.15) is 29.8 Å². The molecule has 1 heterocycles. The smallest absolute Gasteiger partial charge is 0.222 e. The van der Waals surface area contributed by atoms with E-state index in [1.807, 2.05) is 41.8 Å². The van der Waals surface area contributed by atoms with Gasteiger partial charge in [0.05, 0.1) is 19.6 Å². The zero-order chi connectivity index (χ0) is 16.7. The van der Waals surface area contributed by atoms with Crippen LogP contribution in [0.3, 0.4) is 0 Å². The van der Waals surface area contributed by atoms with Gasteiger partial charge < -0.3 is 15.4 Å². The third-order valence-electron chi connectivity index (χ3n) is 3.30. The number of hydrogen-bond acceptors (Lipinski definition) is 4. The second-order valence-electron chi connectivity index (χ2n) is 5.10. The maximum atomic E-state index is 12.1. The molecule has 1 unspecified atom stereocenters. The van der Waals surface area contributed by atoms with Crippen molar-refractivity contribution in [3.63, 3.8) is 0 Å². The summed E-state index contributed by atoms with van der Waals surface area (Å²) >= 11 is 1.52. The predicted octanol–water partition coefficient (Wildman–Crippen LogP) is 2.64. The molecule has 2 amide bonds. The quantitative estimate of drug-likeness (QED) is 0.819. The maximum Gasteiger partial charge on any atom is 0.222 e. The fraction of sp³-hybridized carbons (Fsp3) is 0.294. The highest BCUT2D eigenvalue weighted by atomic mass is 32.1. The summed E-state index contributed by atoms with van der Waals surface area (Å²) in [7, 11) is 1.61. The summed E-state index contributed by atoms with van der Waals surface area (Å²) in [5, 5.41) is 7.63. The highest BCUT2D eigenvalue weighted by molar-refractivity contribution is 7.10. The van der Waals surface area contributed by atoms with Gasteiger partial charge in [0.15, 0.2) is 0 Å². The van der Waals surface area contributed by atoms with Gasteiger partial charge in [0.2, 0.25) is 11.8 Å². The molecule has 23 heavy (non-hydrogen) atoms. The van der Waals surface area contributed by atoms with Gasteiger partial charge in [-0.3, -0.25) is 9.59 Å². The first kappa shape index (κ1) is 17.0.